The highest BCUT2D eigenvalue weighted by atomic mass is 16.2. The summed E-state index contributed by atoms with van der Waals surface area (Å²) in [5, 5.41) is 3.08. The van der Waals surface area contributed by atoms with Crippen molar-refractivity contribution in [2.45, 2.75) is 57.9 Å². The summed E-state index contributed by atoms with van der Waals surface area (Å²) in [6.07, 6.45) is 8.83. The van der Waals surface area contributed by atoms with E-state index in [1.54, 1.807) is 0 Å². The SMILES string of the molecule is CC1CCN(CCNC(=O)N(C)C2CCCCC2)CC1. The van der Waals surface area contributed by atoms with Gasteiger partial charge in [-0.05, 0) is 44.7 Å². The van der Waals surface area contributed by atoms with Gasteiger partial charge in [0.05, 0.1) is 0 Å². The van der Waals surface area contributed by atoms with Crippen molar-refractivity contribution in [2.24, 2.45) is 5.92 Å². The fourth-order valence-corrected chi connectivity index (χ4v) is 3.37. The van der Waals surface area contributed by atoms with Gasteiger partial charge in [-0.15, -0.1) is 0 Å². The van der Waals surface area contributed by atoms with E-state index in [1.165, 1.54) is 58.0 Å². The van der Waals surface area contributed by atoms with Crippen LogP contribution in [0.5, 0.6) is 0 Å². The second-order valence-electron chi connectivity index (χ2n) is 6.66. The van der Waals surface area contributed by atoms with Crippen molar-refractivity contribution in [3.8, 4) is 0 Å². The molecule has 2 fully saturated rings. The molecular formula is C16H31N3O. The highest BCUT2D eigenvalue weighted by Gasteiger charge is 2.22. The Hall–Kier alpha value is -0.770. The number of amides is 2. The molecule has 0 atom stereocenters. The van der Waals surface area contributed by atoms with Gasteiger partial charge in [0.25, 0.3) is 0 Å². The number of carbonyl (C=O) groups is 1. The van der Waals surface area contributed by atoms with Crippen LogP contribution in [0.15, 0.2) is 0 Å². The van der Waals surface area contributed by atoms with Gasteiger partial charge in [0, 0.05) is 26.2 Å². The van der Waals surface area contributed by atoms with Crippen molar-refractivity contribution >= 4 is 6.03 Å². The standard InChI is InChI=1S/C16H31N3O/c1-14-8-11-19(12-9-14)13-10-17-16(20)18(2)15-6-4-3-5-7-15/h14-15H,3-13H2,1-2H3,(H,17,20). The van der Waals surface area contributed by atoms with Crippen molar-refractivity contribution in [1.29, 1.82) is 0 Å². The summed E-state index contributed by atoms with van der Waals surface area (Å²) >= 11 is 0. The molecule has 20 heavy (non-hydrogen) atoms. The molecule has 1 heterocycles. The lowest BCUT2D eigenvalue weighted by molar-refractivity contribution is 0.166. The Kier molecular flexibility index (Phi) is 6.14. The van der Waals surface area contributed by atoms with Crippen LogP contribution in [0.2, 0.25) is 0 Å². The van der Waals surface area contributed by atoms with Crippen molar-refractivity contribution in [3.63, 3.8) is 0 Å². The first-order valence-corrected chi connectivity index (χ1v) is 8.40. The highest BCUT2D eigenvalue weighted by Crippen LogP contribution is 2.21. The average molecular weight is 281 g/mol. The first-order chi connectivity index (χ1) is 9.66. The van der Waals surface area contributed by atoms with E-state index >= 15 is 0 Å². The smallest absolute Gasteiger partial charge is 0.317 e. The van der Waals surface area contributed by atoms with Crippen LogP contribution in [0.25, 0.3) is 0 Å². The quantitative estimate of drug-likeness (QED) is 0.860. The number of hydrogen-bond donors (Lipinski definition) is 1. The zero-order chi connectivity index (χ0) is 14.4. The number of rotatable bonds is 4. The number of likely N-dealkylation sites (tertiary alicyclic amines) is 1. The molecule has 1 aliphatic carbocycles. The van der Waals surface area contributed by atoms with Gasteiger partial charge in [-0.2, -0.15) is 0 Å². The molecule has 1 saturated carbocycles. The van der Waals surface area contributed by atoms with E-state index in [2.05, 4.69) is 17.1 Å². The van der Waals surface area contributed by atoms with Gasteiger partial charge >= 0.3 is 6.03 Å². The van der Waals surface area contributed by atoms with Gasteiger partial charge in [-0.1, -0.05) is 26.2 Å². The Balaban J connectivity index is 1.61. The second kappa shape index (κ2) is 7.87. The zero-order valence-corrected chi connectivity index (χ0v) is 13.2. The van der Waals surface area contributed by atoms with Gasteiger partial charge in [0.15, 0.2) is 0 Å². The molecule has 1 aliphatic heterocycles. The maximum atomic E-state index is 12.1. The number of nitrogens with zero attached hydrogens (tertiary/aromatic N) is 2. The highest BCUT2D eigenvalue weighted by molar-refractivity contribution is 5.74. The van der Waals surface area contributed by atoms with Crippen LogP contribution < -0.4 is 5.32 Å². The molecule has 4 nitrogen and oxygen atoms in total. The summed E-state index contributed by atoms with van der Waals surface area (Å²) in [5.41, 5.74) is 0. The molecule has 0 spiro atoms. The summed E-state index contributed by atoms with van der Waals surface area (Å²) in [7, 11) is 1.95. The van der Waals surface area contributed by atoms with Crippen molar-refractivity contribution in [2.75, 3.05) is 33.2 Å². The summed E-state index contributed by atoms with van der Waals surface area (Å²) in [6.45, 7) is 6.49. The monoisotopic (exact) mass is 281 g/mol. The predicted octanol–water partition coefficient (Wildman–Crippen LogP) is 2.69. The third-order valence-electron chi connectivity index (χ3n) is 5.02. The number of piperidine rings is 1. The molecule has 0 bridgehead atoms. The molecule has 0 aromatic carbocycles. The molecular weight excluding hydrogens is 250 g/mol. The molecule has 116 valence electrons. The zero-order valence-electron chi connectivity index (χ0n) is 13.2. The Morgan fingerprint density at radius 3 is 2.45 bits per heavy atom. The maximum absolute atomic E-state index is 12.1. The van der Waals surface area contributed by atoms with Gasteiger partial charge in [0.1, 0.15) is 0 Å². The summed E-state index contributed by atoms with van der Waals surface area (Å²) in [5.74, 6) is 0.873. The molecule has 4 heteroatoms. The Bertz CT molecular complexity index is 294. The fraction of sp³-hybridized carbons (Fsp3) is 0.938. The second-order valence-corrected chi connectivity index (χ2v) is 6.66. The Morgan fingerprint density at radius 1 is 1.15 bits per heavy atom. The van der Waals surface area contributed by atoms with Crippen LogP contribution in [0.3, 0.4) is 0 Å². The molecule has 2 aliphatic rings. The molecule has 0 radical (unpaired) electrons. The Labute approximate surface area is 123 Å². The maximum Gasteiger partial charge on any atom is 0.317 e. The molecule has 2 rings (SSSR count). The van der Waals surface area contributed by atoms with E-state index in [0.717, 1.165) is 19.0 Å². The molecule has 0 unspecified atom stereocenters. The van der Waals surface area contributed by atoms with Gasteiger partial charge in [-0.25, -0.2) is 4.79 Å². The van der Waals surface area contributed by atoms with E-state index in [-0.39, 0.29) is 6.03 Å². The average Bonchev–Trinajstić information content (AvgIpc) is 2.49. The predicted molar refractivity (Wildman–Crippen MR) is 82.9 cm³/mol. The summed E-state index contributed by atoms with van der Waals surface area (Å²) in [6, 6.07) is 0.571. The summed E-state index contributed by atoms with van der Waals surface area (Å²) < 4.78 is 0. The third kappa shape index (κ3) is 4.65. The fourth-order valence-electron chi connectivity index (χ4n) is 3.37. The topological polar surface area (TPSA) is 35.6 Å². The minimum atomic E-state index is 0.113. The molecule has 0 aromatic rings. The van der Waals surface area contributed by atoms with Gasteiger partial charge in [0.2, 0.25) is 0 Å². The van der Waals surface area contributed by atoms with Crippen molar-refractivity contribution < 1.29 is 4.79 Å². The first-order valence-electron chi connectivity index (χ1n) is 8.40. The number of hydrogen-bond acceptors (Lipinski definition) is 2. The van der Waals surface area contributed by atoms with Crippen LogP contribution in [-0.2, 0) is 0 Å². The lowest BCUT2D eigenvalue weighted by atomic mass is 9.95. The minimum Gasteiger partial charge on any atom is -0.337 e. The number of urea groups is 1. The van der Waals surface area contributed by atoms with Crippen molar-refractivity contribution in [3.05, 3.63) is 0 Å². The van der Waals surface area contributed by atoms with Crippen LogP contribution in [0.4, 0.5) is 4.79 Å². The largest absolute Gasteiger partial charge is 0.337 e. The van der Waals surface area contributed by atoms with E-state index in [4.69, 9.17) is 0 Å². The molecule has 0 aromatic heterocycles. The van der Waals surface area contributed by atoms with Crippen LogP contribution in [0.1, 0.15) is 51.9 Å². The third-order valence-corrected chi connectivity index (χ3v) is 5.02. The Morgan fingerprint density at radius 2 is 1.80 bits per heavy atom. The van der Waals surface area contributed by atoms with Crippen LogP contribution in [-0.4, -0.2) is 55.1 Å². The summed E-state index contributed by atoms with van der Waals surface area (Å²) in [4.78, 5) is 16.5. The molecule has 1 N–H and O–H groups in total. The van der Waals surface area contributed by atoms with Gasteiger partial charge < -0.3 is 15.1 Å². The van der Waals surface area contributed by atoms with Gasteiger partial charge in [-0.3, -0.25) is 0 Å². The van der Waals surface area contributed by atoms with Crippen LogP contribution >= 0.6 is 0 Å². The minimum absolute atomic E-state index is 0.113. The lowest BCUT2D eigenvalue weighted by Gasteiger charge is -2.32. The normalized spacial score (nSPS) is 22.7. The van der Waals surface area contributed by atoms with E-state index < -0.39 is 0 Å². The van der Waals surface area contributed by atoms with Crippen molar-refractivity contribution in [1.82, 2.24) is 15.1 Å². The lowest BCUT2D eigenvalue weighted by Crippen LogP contribution is -2.46. The molecule has 2 amide bonds. The molecule has 1 saturated heterocycles. The number of nitrogens with one attached hydrogen (secondary N) is 1. The number of carbonyl (C=O) groups excluding carboxylic acids is 1. The first kappa shape index (κ1) is 15.6. The van der Waals surface area contributed by atoms with Crippen LogP contribution in [0, 0.1) is 5.92 Å². The van der Waals surface area contributed by atoms with E-state index in [0.29, 0.717) is 6.04 Å². The van der Waals surface area contributed by atoms with E-state index in [1.807, 2.05) is 11.9 Å². The van der Waals surface area contributed by atoms with E-state index in [9.17, 15) is 4.79 Å².